The van der Waals surface area contributed by atoms with E-state index >= 15 is 0 Å². The minimum absolute atomic E-state index is 0.0487. The number of carbonyl (C=O) groups is 2. The van der Waals surface area contributed by atoms with E-state index in [1.807, 2.05) is 30.5 Å². The van der Waals surface area contributed by atoms with Gasteiger partial charge in [-0.3, -0.25) is 4.79 Å². The van der Waals surface area contributed by atoms with Crippen LogP contribution in [0.2, 0.25) is 0 Å². The summed E-state index contributed by atoms with van der Waals surface area (Å²) in [5.41, 5.74) is 2.10. The molecule has 0 aliphatic rings. The first-order chi connectivity index (χ1) is 11.8. The standard InChI is InChI=1S/C18H24N2O3S2/c1-18(2,3)25-24-11-15(17(22)23)20-16(21)9-8-12-10-19-14-7-5-4-6-13(12)14/h4-7,10,15,19H,8-9,11H2,1-3H3,(H,20,21)(H,22,23)/t15-/m0/s1. The maximum atomic E-state index is 12.1. The van der Waals surface area contributed by atoms with Crippen molar-refractivity contribution in [3.8, 4) is 0 Å². The zero-order chi connectivity index (χ0) is 18.4. The van der Waals surface area contributed by atoms with Gasteiger partial charge in [0.25, 0.3) is 0 Å². The number of fused-ring (bicyclic) bond motifs is 1. The second kappa shape index (κ2) is 8.67. The largest absolute Gasteiger partial charge is 0.480 e. The number of hydrogen-bond acceptors (Lipinski definition) is 4. The van der Waals surface area contributed by atoms with Gasteiger partial charge in [0, 0.05) is 34.0 Å². The Hall–Kier alpha value is -1.60. The van der Waals surface area contributed by atoms with Crippen molar-refractivity contribution in [1.29, 1.82) is 0 Å². The van der Waals surface area contributed by atoms with Gasteiger partial charge in [-0.05, 0) is 18.1 Å². The van der Waals surface area contributed by atoms with Gasteiger partial charge in [-0.25, -0.2) is 4.79 Å². The fourth-order valence-electron chi connectivity index (χ4n) is 2.31. The van der Waals surface area contributed by atoms with Crippen molar-refractivity contribution in [3.63, 3.8) is 0 Å². The van der Waals surface area contributed by atoms with Crippen molar-refractivity contribution in [2.45, 2.75) is 44.4 Å². The number of nitrogens with one attached hydrogen (secondary N) is 2. The minimum Gasteiger partial charge on any atom is -0.480 e. The Morgan fingerprint density at radius 1 is 1.28 bits per heavy atom. The van der Waals surface area contributed by atoms with Gasteiger partial charge in [-0.1, -0.05) is 60.6 Å². The van der Waals surface area contributed by atoms with E-state index < -0.39 is 12.0 Å². The molecule has 0 saturated carbocycles. The van der Waals surface area contributed by atoms with Crippen LogP contribution in [-0.4, -0.2) is 38.5 Å². The Bertz CT molecular complexity index is 737. The molecule has 7 heteroatoms. The Kier molecular flexibility index (Phi) is 6.84. The van der Waals surface area contributed by atoms with E-state index in [0.29, 0.717) is 12.2 Å². The highest BCUT2D eigenvalue weighted by Crippen LogP contribution is 2.35. The Balaban J connectivity index is 1.85. The topological polar surface area (TPSA) is 82.2 Å². The van der Waals surface area contributed by atoms with Gasteiger partial charge in [-0.15, -0.1) is 0 Å². The number of H-pyrrole nitrogens is 1. The fourth-order valence-corrected chi connectivity index (χ4v) is 4.76. The number of aromatic amines is 1. The molecule has 1 amide bonds. The number of aliphatic carboxylic acids is 1. The second-order valence-electron chi connectivity index (χ2n) is 6.80. The van der Waals surface area contributed by atoms with Crippen LogP contribution in [0.25, 0.3) is 10.9 Å². The number of carbonyl (C=O) groups excluding carboxylic acids is 1. The third-order valence-corrected chi connectivity index (χ3v) is 6.82. The number of benzene rings is 1. The van der Waals surface area contributed by atoms with Gasteiger partial charge in [0.15, 0.2) is 0 Å². The number of carboxylic acids is 1. The van der Waals surface area contributed by atoms with Crippen molar-refractivity contribution in [3.05, 3.63) is 36.0 Å². The summed E-state index contributed by atoms with van der Waals surface area (Å²) in [5, 5.41) is 13.0. The first-order valence-electron chi connectivity index (χ1n) is 8.14. The van der Waals surface area contributed by atoms with Gasteiger partial charge in [0.05, 0.1) is 0 Å². The summed E-state index contributed by atoms with van der Waals surface area (Å²) in [5.74, 6) is -0.891. The number of para-hydroxylation sites is 1. The normalized spacial score (nSPS) is 12.9. The molecular formula is C18H24N2O3S2. The first-order valence-corrected chi connectivity index (χ1v) is 10.5. The Morgan fingerprint density at radius 3 is 2.68 bits per heavy atom. The number of rotatable bonds is 8. The molecule has 0 unspecified atom stereocenters. The molecular weight excluding hydrogens is 356 g/mol. The molecule has 0 spiro atoms. The third kappa shape index (κ3) is 6.32. The van der Waals surface area contributed by atoms with Crippen molar-refractivity contribution >= 4 is 44.4 Å². The lowest BCUT2D eigenvalue weighted by atomic mass is 10.1. The summed E-state index contributed by atoms with van der Waals surface area (Å²) in [7, 11) is 3.09. The molecule has 5 nitrogen and oxygen atoms in total. The van der Waals surface area contributed by atoms with Gasteiger partial charge in [0.2, 0.25) is 5.91 Å². The van der Waals surface area contributed by atoms with E-state index in [4.69, 9.17) is 0 Å². The van der Waals surface area contributed by atoms with Crippen LogP contribution in [0.1, 0.15) is 32.8 Å². The maximum absolute atomic E-state index is 12.1. The SMILES string of the molecule is CC(C)(C)SSC[C@H](NC(=O)CCc1c[nH]c2ccccc12)C(=O)O. The molecule has 3 N–H and O–H groups in total. The van der Waals surface area contributed by atoms with Crippen LogP contribution in [0.15, 0.2) is 30.5 Å². The molecule has 0 aliphatic carbocycles. The monoisotopic (exact) mass is 380 g/mol. The molecule has 0 radical (unpaired) electrons. The highest BCUT2D eigenvalue weighted by Gasteiger charge is 2.21. The summed E-state index contributed by atoms with van der Waals surface area (Å²) in [6.45, 7) is 6.21. The molecule has 1 atom stereocenters. The highest BCUT2D eigenvalue weighted by atomic mass is 33.1. The number of amides is 1. The Morgan fingerprint density at radius 2 is 2.00 bits per heavy atom. The van der Waals surface area contributed by atoms with E-state index in [1.54, 1.807) is 10.8 Å². The van der Waals surface area contributed by atoms with Crippen molar-refractivity contribution in [2.75, 3.05) is 5.75 Å². The quantitative estimate of drug-likeness (QED) is 0.606. The molecule has 2 aromatic rings. The van der Waals surface area contributed by atoms with Gasteiger partial charge in [-0.2, -0.15) is 0 Å². The maximum Gasteiger partial charge on any atom is 0.327 e. The summed E-state index contributed by atoms with van der Waals surface area (Å²) < 4.78 is 0.0487. The third-order valence-electron chi connectivity index (χ3n) is 3.47. The molecule has 1 aromatic heterocycles. The van der Waals surface area contributed by atoms with Crippen LogP contribution in [0.5, 0.6) is 0 Å². The number of hydrogen-bond donors (Lipinski definition) is 3. The summed E-state index contributed by atoms with van der Waals surface area (Å²) >= 11 is 0. The zero-order valence-corrected chi connectivity index (χ0v) is 16.3. The summed E-state index contributed by atoms with van der Waals surface area (Å²) in [4.78, 5) is 26.7. The van der Waals surface area contributed by atoms with E-state index in [1.165, 1.54) is 10.8 Å². The predicted octanol–water partition coefficient (Wildman–Crippen LogP) is 3.85. The molecule has 0 saturated heterocycles. The van der Waals surface area contributed by atoms with Gasteiger partial charge >= 0.3 is 5.97 Å². The molecule has 1 heterocycles. The van der Waals surface area contributed by atoms with E-state index in [2.05, 4.69) is 31.1 Å². The van der Waals surface area contributed by atoms with Crippen LogP contribution in [0.4, 0.5) is 0 Å². The van der Waals surface area contributed by atoms with Crippen LogP contribution >= 0.6 is 21.6 Å². The van der Waals surface area contributed by atoms with Crippen molar-refractivity contribution in [1.82, 2.24) is 10.3 Å². The molecule has 0 aliphatic heterocycles. The highest BCUT2D eigenvalue weighted by molar-refractivity contribution is 8.77. The average molecular weight is 381 g/mol. The molecule has 1 aromatic carbocycles. The molecule has 25 heavy (non-hydrogen) atoms. The molecule has 136 valence electrons. The van der Waals surface area contributed by atoms with Crippen LogP contribution < -0.4 is 5.32 Å². The van der Waals surface area contributed by atoms with Crippen LogP contribution in [-0.2, 0) is 16.0 Å². The fraction of sp³-hybridized carbons (Fsp3) is 0.444. The van der Waals surface area contributed by atoms with Crippen molar-refractivity contribution < 1.29 is 14.7 Å². The minimum atomic E-state index is -0.998. The molecule has 0 bridgehead atoms. The number of aryl methyl sites for hydroxylation is 1. The first kappa shape index (κ1) is 19.7. The van der Waals surface area contributed by atoms with E-state index in [0.717, 1.165) is 16.5 Å². The lowest BCUT2D eigenvalue weighted by Crippen LogP contribution is -2.42. The zero-order valence-electron chi connectivity index (χ0n) is 14.7. The smallest absolute Gasteiger partial charge is 0.327 e. The van der Waals surface area contributed by atoms with Gasteiger partial charge < -0.3 is 15.4 Å². The lowest BCUT2D eigenvalue weighted by Gasteiger charge is -2.19. The van der Waals surface area contributed by atoms with Gasteiger partial charge in [0.1, 0.15) is 6.04 Å². The Labute approximate surface area is 155 Å². The van der Waals surface area contributed by atoms with Crippen LogP contribution in [0.3, 0.4) is 0 Å². The predicted molar refractivity (Wildman–Crippen MR) is 106 cm³/mol. The second-order valence-corrected chi connectivity index (χ2v) is 9.97. The van der Waals surface area contributed by atoms with E-state index in [9.17, 15) is 14.7 Å². The number of carboxylic acid groups (broad SMARTS) is 1. The molecule has 0 fully saturated rings. The summed E-state index contributed by atoms with van der Waals surface area (Å²) in [6, 6.07) is 7.06. The van der Waals surface area contributed by atoms with Crippen LogP contribution in [0, 0.1) is 0 Å². The van der Waals surface area contributed by atoms with E-state index in [-0.39, 0.29) is 17.1 Å². The van der Waals surface area contributed by atoms with Crippen molar-refractivity contribution in [2.24, 2.45) is 0 Å². The average Bonchev–Trinajstić information content (AvgIpc) is 2.94. The summed E-state index contributed by atoms with van der Waals surface area (Å²) in [6.07, 6.45) is 2.75. The lowest BCUT2D eigenvalue weighted by molar-refractivity contribution is -0.141. The number of aromatic nitrogens is 1. The molecule has 2 rings (SSSR count).